The number of benzene rings is 1. The molecule has 0 aliphatic carbocycles. The highest BCUT2D eigenvalue weighted by Gasteiger charge is 2.40. The van der Waals surface area contributed by atoms with Gasteiger partial charge in [-0.3, -0.25) is 4.79 Å². The average molecular weight is 509 g/mol. The number of ether oxygens (including phenoxy) is 2. The first-order valence-electron chi connectivity index (χ1n) is 11.8. The lowest BCUT2D eigenvalue weighted by Crippen LogP contribution is -2.49. The van der Waals surface area contributed by atoms with Crippen LogP contribution in [0.15, 0.2) is 36.5 Å². The van der Waals surface area contributed by atoms with E-state index >= 15 is 0 Å². The van der Waals surface area contributed by atoms with Crippen molar-refractivity contribution in [1.29, 1.82) is 5.26 Å². The monoisotopic (exact) mass is 508 g/mol. The molecule has 1 amide bonds. The molecular weight excluding hydrogens is 479 g/mol. The number of H-pyrrole nitrogens is 1. The summed E-state index contributed by atoms with van der Waals surface area (Å²) < 4.78 is 25.5. The summed E-state index contributed by atoms with van der Waals surface area (Å²) >= 11 is 0. The van der Waals surface area contributed by atoms with Crippen LogP contribution in [0, 0.1) is 22.6 Å². The summed E-state index contributed by atoms with van der Waals surface area (Å²) in [4.78, 5) is 31.2. The van der Waals surface area contributed by atoms with Crippen molar-refractivity contribution in [1.82, 2.24) is 30.2 Å². The van der Waals surface area contributed by atoms with Gasteiger partial charge in [0.1, 0.15) is 12.4 Å². The third kappa shape index (κ3) is 6.26. The second kappa shape index (κ2) is 11.4. The van der Waals surface area contributed by atoms with Gasteiger partial charge in [-0.15, -0.1) is 0 Å². The molecule has 3 N–H and O–H groups in total. The van der Waals surface area contributed by atoms with E-state index in [2.05, 4.69) is 25.6 Å². The molecule has 0 atom stereocenters. The summed E-state index contributed by atoms with van der Waals surface area (Å²) in [6.45, 7) is 3.38. The van der Waals surface area contributed by atoms with Gasteiger partial charge in [-0.1, -0.05) is 0 Å². The SMILES string of the molecule is CN(C)CCNC(=O)C1(C)COC(c2nc(-c3ccc(F)cc3)c(-c3ccnc(NCC#N)n3)[nH]2)OC1. The topological polar surface area (TPSA) is 141 Å². The van der Waals surface area contributed by atoms with E-state index in [1.165, 1.54) is 12.1 Å². The van der Waals surface area contributed by atoms with Gasteiger partial charge in [0.25, 0.3) is 0 Å². The zero-order valence-corrected chi connectivity index (χ0v) is 20.9. The van der Waals surface area contributed by atoms with Crippen LogP contribution in [0.1, 0.15) is 19.0 Å². The van der Waals surface area contributed by atoms with Crippen molar-refractivity contribution in [2.45, 2.75) is 13.2 Å². The molecule has 0 spiro atoms. The summed E-state index contributed by atoms with van der Waals surface area (Å²) in [6, 6.07) is 9.61. The second-order valence-electron chi connectivity index (χ2n) is 9.20. The van der Waals surface area contributed by atoms with Crippen molar-refractivity contribution in [3.8, 4) is 28.7 Å². The maximum atomic E-state index is 13.6. The van der Waals surface area contributed by atoms with E-state index in [-0.39, 0.29) is 37.4 Å². The first kappa shape index (κ1) is 26.2. The van der Waals surface area contributed by atoms with Gasteiger partial charge in [-0.25, -0.2) is 19.3 Å². The van der Waals surface area contributed by atoms with Crippen molar-refractivity contribution < 1.29 is 18.7 Å². The van der Waals surface area contributed by atoms with Crippen LogP contribution >= 0.6 is 0 Å². The predicted molar refractivity (Wildman–Crippen MR) is 133 cm³/mol. The predicted octanol–water partition coefficient (Wildman–Crippen LogP) is 2.34. The highest BCUT2D eigenvalue weighted by atomic mass is 19.1. The van der Waals surface area contributed by atoms with Crippen molar-refractivity contribution in [3.63, 3.8) is 0 Å². The van der Waals surface area contributed by atoms with Gasteiger partial charge in [0.2, 0.25) is 18.1 Å². The maximum Gasteiger partial charge on any atom is 0.230 e. The molecule has 12 heteroatoms. The number of rotatable bonds is 9. The number of anilines is 1. The van der Waals surface area contributed by atoms with Crippen LogP contribution in [0.25, 0.3) is 22.6 Å². The van der Waals surface area contributed by atoms with Gasteiger partial charge in [-0.2, -0.15) is 5.26 Å². The Morgan fingerprint density at radius 2 is 1.97 bits per heavy atom. The number of carbonyl (C=O) groups is 1. The quantitative estimate of drug-likeness (QED) is 0.371. The fourth-order valence-electron chi connectivity index (χ4n) is 3.71. The number of aromatic nitrogens is 4. The van der Waals surface area contributed by atoms with E-state index in [1.54, 1.807) is 31.3 Å². The number of nitriles is 1. The zero-order valence-electron chi connectivity index (χ0n) is 20.9. The molecule has 2 aromatic heterocycles. The fourth-order valence-corrected chi connectivity index (χ4v) is 3.71. The smallest absolute Gasteiger partial charge is 0.230 e. The number of hydrogen-bond acceptors (Lipinski definition) is 9. The molecule has 1 aromatic carbocycles. The second-order valence-corrected chi connectivity index (χ2v) is 9.20. The zero-order chi connectivity index (χ0) is 26.4. The summed E-state index contributed by atoms with van der Waals surface area (Å²) in [5, 5.41) is 14.6. The van der Waals surface area contributed by atoms with E-state index in [9.17, 15) is 9.18 Å². The molecule has 37 heavy (non-hydrogen) atoms. The maximum absolute atomic E-state index is 13.6. The minimum Gasteiger partial charge on any atom is -0.354 e. The highest BCUT2D eigenvalue weighted by Crippen LogP contribution is 2.35. The van der Waals surface area contributed by atoms with Crippen molar-refractivity contribution in [2.24, 2.45) is 5.41 Å². The van der Waals surface area contributed by atoms with Crippen molar-refractivity contribution >= 4 is 11.9 Å². The van der Waals surface area contributed by atoms with E-state index in [1.807, 2.05) is 25.1 Å². The van der Waals surface area contributed by atoms with Crippen molar-refractivity contribution in [3.05, 3.63) is 48.2 Å². The molecule has 0 saturated carbocycles. The fraction of sp³-hybridized carbons (Fsp3) is 0.400. The van der Waals surface area contributed by atoms with Gasteiger partial charge in [0.15, 0.2) is 5.82 Å². The summed E-state index contributed by atoms with van der Waals surface area (Å²) in [5.41, 5.74) is 1.39. The average Bonchev–Trinajstić information content (AvgIpc) is 3.34. The van der Waals surface area contributed by atoms with E-state index < -0.39 is 11.7 Å². The van der Waals surface area contributed by atoms with Crippen LogP contribution in [0.2, 0.25) is 0 Å². The molecule has 0 radical (unpaired) electrons. The van der Waals surface area contributed by atoms with Gasteiger partial charge in [0, 0.05) is 24.8 Å². The minimum absolute atomic E-state index is 0.0493. The lowest BCUT2D eigenvalue weighted by molar-refractivity contribution is -0.231. The van der Waals surface area contributed by atoms with Crippen LogP contribution in [-0.2, 0) is 14.3 Å². The van der Waals surface area contributed by atoms with E-state index in [4.69, 9.17) is 19.7 Å². The number of amides is 1. The molecule has 1 aliphatic heterocycles. The van der Waals surface area contributed by atoms with Crippen LogP contribution in [-0.4, -0.2) is 77.7 Å². The number of hydrogen-bond donors (Lipinski definition) is 3. The summed E-state index contributed by atoms with van der Waals surface area (Å²) in [7, 11) is 3.88. The molecule has 1 aliphatic rings. The number of aromatic amines is 1. The Morgan fingerprint density at radius 3 is 2.65 bits per heavy atom. The molecule has 11 nitrogen and oxygen atoms in total. The first-order chi connectivity index (χ1) is 17.8. The van der Waals surface area contributed by atoms with Gasteiger partial charge < -0.3 is 30.0 Å². The Balaban J connectivity index is 1.57. The first-order valence-corrected chi connectivity index (χ1v) is 11.8. The van der Waals surface area contributed by atoms with Crippen LogP contribution < -0.4 is 10.6 Å². The Kier molecular flexibility index (Phi) is 8.08. The highest BCUT2D eigenvalue weighted by molar-refractivity contribution is 5.82. The number of imidazole rings is 1. The molecule has 3 heterocycles. The number of carbonyl (C=O) groups excluding carboxylic acids is 1. The third-order valence-corrected chi connectivity index (χ3v) is 5.80. The summed E-state index contributed by atoms with van der Waals surface area (Å²) in [5.74, 6) is 0.155. The third-order valence-electron chi connectivity index (χ3n) is 5.80. The normalized spacial score (nSPS) is 19.4. The number of likely N-dealkylation sites (N-methyl/N-ethyl adjacent to an activating group) is 1. The van der Waals surface area contributed by atoms with Gasteiger partial charge in [0.05, 0.1) is 41.8 Å². The van der Waals surface area contributed by atoms with Gasteiger partial charge >= 0.3 is 0 Å². The molecule has 3 aromatic rings. The lowest BCUT2D eigenvalue weighted by Gasteiger charge is -2.35. The van der Waals surface area contributed by atoms with Gasteiger partial charge in [-0.05, 0) is 51.4 Å². The minimum atomic E-state index is -0.841. The lowest BCUT2D eigenvalue weighted by atomic mass is 9.91. The molecule has 0 unspecified atom stereocenters. The largest absolute Gasteiger partial charge is 0.354 e. The molecule has 4 rings (SSSR count). The molecule has 194 valence electrons. The van der Waals surface area contributed by atoms with E-state index in [0.717, 1.165) is 6.54 Å². The van der Waals surface area contributed by atoms with Crippen LogP contribution in [0.4, 0.5) is 10.3 Å². The number of nitrogens with zero attached hydrogens (tertiary/aromatic N) is 5. The Labute approximate surface area is 214 Å². The molecule has 1 saturated heterocycles. The Morgan fingerprint density at radius 1 is 1.24 bits per heavy atom. The van der Waals surface area contributed by atoms with E-state index in [0.29, 0.717) is 35.0 Å². The number of halogens is 1. The number of nitrogens with one attached hydrogen (secondary N) is 3. The molecule has 0 bridgehead atoms. The summed E-state index contributed by atoms with van der Waals surface area (Å²) in [6.07, 6.45) is 0.721. The Bertz CT molecular complexity index is 1260. The Hall–Kier alpha value is -3.92. The van der Waals surface area contributed by atoms with Crippen LogP contribution in [0.3, 0.4) is 0 Å². The van der Waals surface area contributed by atoms with Crippen molar-refractivity contribution in [2.75, 3.05) is 52.3 Å². The standard InChI is InChI=1S/C25H29FN8O3/c1-25(23(35)28-12-13-34(2)3)14-36-22(37-15-25)21-32-19(16-4-6-17(26)7-5-16)20(33-21)18-8-10-29-24(31-18)30-11-9-27/h4-8,10,22H,11-15H2,1-3H3,(H,28,35)(H,32,33)(H,29,30,31). The molecular formula is C25H29FN8O3. The van der Waals surface area contributed by atoms with Crippen LogP contribution in [0.5, 0.6) is 0 Å². The molecule has 1 fully saturated rings.